The summed E-state index contributed by atoms with van der Waals surface area (Å²) in [5, 5.41) is 5.57. The van der Waals surface area contributed by atoms with Crippen molar-refractivity contribution in [2.24, 2.45) is 17.3 Å². The van der Waals surface area contributed by atoms with Gasteiger partial charge in [0.2, 0.25) is 17.7 Å². The Balaban J connectivity index is 1.46. The number of carbonyl (C=O) groups excluding carboxylic acids is 5. The highest BCUT2D eigenvalue weighted by Crippen LogP contribution is 2.57. The summed E-state index contributed by atoms with van der Waals surface area (Å²) in [6, 6.07) is 8.76. The van der Waals surface area contributed by atoms with E-state index in [9.17, 15) is 24.0 Å². The predicted molar refractivity (Wildman–Crippen MR) is 149 cm³/mol. The van der Waals surface area contributed by atoms with Crippen LogP contribution in [-0.4, -0.2) is 59.6 Å². The second-order valence-electron chi connectivity index (χ2n) is 11.5. The van der Waals surface area contributed by atoms with Crippen LogP contribution in [0.15, 0.2) is 42.5 Å². The number of nitrogens with one attached hydrogen (secondary N) is 2. The SMILES string of the molecule is CC(=O)O[C@@H]1C[C@H]2C(=O)C[C@]3(C(=O)NCC(=O)NCc4ccccc4)C[C@@H]3/C=C\CCCCC[C@H](C)C(=O)N2C1. The third-order valence-electron chi connectivity index (χ3n) is 8.37. The molecule has 2 aliphatic heterocycles. The predicted octanol–water partition coefficient (Wildman–Crippen LogP) is 3.07. The summed E-state index contributed by atoms with van der Waals surface area (Å²) in [4.78, 5) is 66.2. The number of Topliss-reactive ketones (excluding diaryl/α,β-unsaturated/α-hetero) is 1. The molecule has 3 amide bonds. The molecule has 0 radical (unpaired) electrons. The van der Waals surface area contributed by atoms with Gasteiger partial charge in [0.25, 0.3) is 0 Å². The first-order chi connectivity index (χ1) is 19.2. The number of benzene rings is 1. The molecule has 40 heavy (non-hydrogen) atoms. The molecule has 216 valence electrons. The zero-order chi connectivity index (χ0) is 28.7. The smallest absolute Gasteiger partial charge is 0.302 e. The Hall–Kier alpha value is -3.49. The van der Waals surface area contributed by atoms with Crippen LogP contribution in [0.3, 0.4) is 0 Å². The number of fused-ring (bicyclic) bond motifs is 2. The van der Waals surface area contributed by atoms with Crippen molar-refractivity contribution in [2.75, 3.05) is 13.1 Å². The van der Waals surface area contributed by atoms with Crippen molar-refractivity contribution < 1.29 is 28.7 Å². The largest absolute Gasteiger partial charge is 0.461 e. The van der Waals surface area contributed by atoms with Crippen molar-refractivity contribution >= 4 is 29.5 Å². The summed E-state index contributed by atoms with van der Waals surface area (Å²) in [5.41, 5.74) is 0.00508. The molecule has 0 bridgehead atoms. The van der Waals surface area contributed by atoms with Gasteiger partial charge in [0.1, 0.15) is 6.10 Å². The molecule has 2 fully saturated rings. The third-order valence-corrected chi connectivity index (χ3v) is 8.37. The first-order valence-electron chi connectivity index (χ1n) is 14.5. The molecule has 1 aromatic rings. The number of ketones is 1. The van der Waals surface area contributed by atoms with Gasteiger partial charge >= 0.3 is 5.97 Å². The topological polar surface area (TPSA) is 122 Å². The van der Waals surface area contributed by atoms with Gasteiger partial charge in [-0.3, -0.25) is 24.0 Å². The van der Waals surface area contributed by atoms with Gasteiger partial charge in [-0.25, -0.2) is 0 Å². The van der Waals surface area contributed by atoms with Gasteiger partial charge in [0, 0.05) is 32.2 Å². The molecular weight excluding hydrogens is 510 g/mol. The van der Waals surface area contributed by atoms with E-state index in [-0.39, 0.29) is 61.3 Å². The fourth-order valence-electron chi connectivity index (χ4n) is 5.98. The Morgan fingerprint density at radius 1 is 1.07 bits per heavy atom. The van der Waals surface area contributed by atoms with E-state index in [1.54, 1.807) is 4.90 Å². The van der Waals surface area contributed by atoms with Crippen molar-refractivity contribution in [3.63, 3.8) is 0 Å². The van der Waals surface area contributed by atoms with Gasteiger partial charge in [-0.05, 0) is 37.2 Å². The van der Waals surface area contributed by atoms with Crippen LogP contribution in [0.5, 0.6) is 0 Å². The molecule has 9 heteroatoms. The van der Waals surface area contributed by atoms with Crippen molar-refractivity contribution in [2.45, 2.75) is 83.9 Å². The highest BCUT2D eigenvalue weighted by Gasteiger charge is 2.60. The highest BCUT2D eigenvalue weighted by atomic mass is 16.5. The van der Waals surface area contributed by atoms with Gasteiger partial charge in [0.05, 0.1) is 24.5 Å². The molecule has 0 unspecified atom stereocenters. The first-order valence-corrected chi connectivity index (χ1v) is 14.5. The minimum atomic E-state index is -0.951. The number of rotatable bonds is 6. The Kier molecular flexibility index (Phi) is 9.76. The van der Waals surface area contributed by atoms with Crippen molar-refractivity contribution in [1.82, 2.24) is 15.5 Å². The lowest BCUT2D eigenvalue weighted by molar-refractivity contribution is -0.147. The van der Waals surface area contributed by atoms with Crippen LogP contribution in [0.4, 0.5) is 0 Å². The maximum absolute atomic E-state index is 13.7. The van der Waals surface area contributed by atoms with Gasteiger partial charge < -0.3 is 20.3 Å². The summed E-state index contributed by atoms with van der Waals surface area (Å²) in [5.74, 6) is -1.75. The third kappa shape index (κ3) is 7.37. The molecule has 1 saturated carbocycles. The van der Waals surface area contributed by atoms with Crippen LogP contribution in [0.2, 0.25) is 0 Å². The second kappa shape index (κ2) is 13.2. The molecule has 0 aromatic heterocycles. The van der Waals surface area contributed by atoms with Crippen LogP contribution < -0.4 is 10.6 Å². The van der Waals surface area contributed by atoms with Crippen LogP contribution in [0, 0.1) is 17.3 Å². The molecule has 5 atom stereocenters. The van der Waals surface area contributed by atoms with Crippen molar-refractivity contribution in [3.8, 4) is 0 Å². The molecule has 2 N–H and O–H groups in total. The van der Waals surface area contributed by atoms with E-state index in [4.69, 9.17) is 4.74 Å². The number of nitrogens with zero attached hydrogens (tertiary/aromatic N) is 1. The van der Waals surface area contributed by atoms with Gasteiger partial charge in [-0.1, -0.05) is 62.2 Å². The summed E-state index contributed by atoms with van der Waals surface area (Å²) in [7, 11) is 0. The molecule has 1 saturated heterocycles. The molecular formula is C31H41N3O6. The number of esters is 1. The van der Waals surface area contributed by atoms with Crippen LogP contribution in [0.25, 0.3) is 0 Å². The van der Waals surface area contributed by atoms with E-state index in [0.29, 0.717) is 13.0 Å². The Morgan fingerprint density at radius 3 is 2.60 bits per heavy atom. The number of allylic oxidation sites excluding steroid dienone is 2. The maximum Gasteiger partial charge on any atom is 0.302 e. The van der Waals surface area contributed by atoms with Crippen molar-refractivity contribution in [1.29, 1.82) is 0 Å². The molecule has 0 spiro atoms. The second-order valence-corrected chi connectivity index (χ2v) is 11.5. The summed E-state index contributed by atoms with van der Waals surface area (Å²) in [6.07, 6.45) is 8.80. The van der Waals surface area contributed by atoms with Crippen LogP contribution >= 0.6 is 0 Å². The molecule has 2 heterocycles. The monoisotopic (exact) mass is 551 g/mol. The molecule has 1 aliphatic carbocycles. The molecule has 4 rings (SSSR count). The summed E-state index contributed by atoms with van der Waals surface area (Å²) < 4.78 is 5.39. The van der Waals surface area contributed by atoms with Crippen molar-refractivity contribution in [3.05, 3.63) is 48.0 Å². The number of hydrogen-bond acceptors (Lipinski definition) is 6. The lowest BCUT2D eigenvalue weighted by Crippen LogP contribution is -2.46. The minimum absolute atomic E-state index is 0.0326. The Labute approximate surface area is 236 Å². The fraction of sp³-hybridized carbons (Fsp3) is 0.581. The molecule has 9 nitrogen and oxygen atoms in total. The standard InChI is InChI=1S/C31H41N3O6/c1-21-11-7-4-3-5-10-14-24-16-31(24,30(39)33-19-28(37)32-18-23-12-8-6-9-13-23)17-27(36)26-15-25(40-22(2)35)20-34(26)29(21)38/h6,8-10,12-14,21,24-26H,3-5,7,11,15-20H2,1-2H3,(H,32,37)(H,33,39)/b14-10-/t21-,24-,25+,26-,31+/m0/s1. The number of hydrogen-bond donors (Lipinski definition) is 2. The maximum atomic E-state index is 13.7. The molecule has 3 aliphatic rings. The van der Waals surface area contributed by atoms with Crippen LogP contribution in [-0.2, 0) is 35.3 Å². The van der Waals surface area contributed by atoms with Crippen LogP contribution in [0.1, 0.15) is 70.8 Å². The van der Waals surface area contributed by atoms with E-state index in [1.165, 1.54) is 6.92 Å². The lowest BCUT2D eigenvalue weighted by Gasteiger charge is -2.27. The average molecular weight is 552 g/mol. The van der Waals surface area contributed by atoms with E-state index in [2.05, 4.69) is 16.7 Å². The normalized spacial score (nSPS) is 29.7. The summed E-state index contributed by atoms with van der Waals surface area (Å²) >= 11 is 0. The minimum Gasteiger partial charge on any atom is -0.461 e. The van der Waals surface area contributed by atoms with Gasteiger partial charge in [-0.2, -0.15) is 0 Å². The lowest BCUT2D eigenvalue weighted by atomic mass is 9.90. The number of ether oxygens (including phenoxy) is 1. The zero-order valence-electron chi connectivity index (χ0n) is 23.5. The summed E-state index contributed by atoms with van der Waals surface area (Å²) in [6.45, 7) is 3.56. The van der Waals surface area contributed by atoms with Gasteiger partial charge in [0.15, 0.2) is 5.78 Å². The average Bonchev–Trinajstić information content (AvgIpc) is 3.47. The molecule has 1 aromatic carbocycles. The fourth-order valence-corrected chi connectivity index (χ4v) is 5.98. The first kappa shape index (κ1) is 29.5. The number of carbonyl (C=O) groups is 5. The van der Waals surface area contributed by atoms with E-state index in [1.807, 2.05) is 43.3 Å². The van der Waals surface area contributed by atoms with E-state index >= 15 is 0 Å². The zero-order valence-corrected chi connectivity index (χ0v) is 23.5. The quantitative estimate of drug-likeness (QED) is 0.414. The number of amides is 3. The van der Waals surface area contributed by atoms with E-state index < -0.39 is 23.5 Å². The van der Waals surface area contributed by atoms with Gasteiger partial charge in [-0.15, -0.1) is 0 Å². The Bertz CT molecular complexity index is 1140. The Morgan fingerprint density at radius 2 is 1.85 bits per heavy atom. The highest BCUT2D eigenvalue weighted by molar-refractivity contribution is 5.97. The van der Waals surface area contributed by atoms with E-state index in [0.717, 1.165) is 37.7 Å².